The van der Waals surface area contributed by atoms with Gasteiger partial charge in [0.05, 0.1) is 35.8 Å². The van der Waals surface area contributed by atoms with E-state index >= 15 is 0 Å². The molecule has 2 aliphatic rings. The standard InChI is InChI=1S/C25H29N3O3/c1-5-6-9-22(30)27-14-7-8-19(27)24-23-20(15-25(2,3)16-21(23)29)28(26-24)17-10-12-18(31-4)13-11-17/h1,10-13,19H,6-9,14-16H2,2-4H3/t19-/m0/s1. The second-order valence-electron chi connectivity index (χ2n) is 9.21. The minimum Gasteiger partial charge on any atom is -0.497 e. The number of carbonyl (C=O) groups excluding carboxylic acids is 2. The number of rotatable bonds is 5. The van der Waals surface area contributed by atoms with Crippen molar-refractivity contribution in [1.29, 1.82) is 0 Å². The number of terminal acetylenes is 1. The summed E-state index contributed by atoms with van der Waals surface area (Å²) in [5.74, 6) is 3.47. The molecule has 1 aliphatic heterocycles. The average Bonchev–Trinajstić information content (AvgIpc) is 3.36. The number of benzene rings is 1. The number of hydrogen-bond donors (Lipinski definition) is 0. The lowest BCUT2D eigenvalue weighted by atomic mass is 9.75. The molecule has 4 rings (SSSR count). The first-order chi connectivity index (χ1) is 14.8. The van der Waals surface area contributed by atoms with E-state index in [0.717, 1.165) is 42.1 Å². The summed E-state index contributed by atoms with van der Waals surface area (Å²) in [6.45, 7) is 4.91. The van der Waals surface area contributed by atoms with Crippen LogP contribution in [-0.2, 0) is 11.2 Å². The summed E-state index contributed by atoms with van der Waals surface area (Å²) in [5.41, 5.74) is 3.12. The van der Waals surface area contributed by atoms with Crippen LogP contribution in [-0.4, -0.2) is 40.0 Å². The summed E-state index contributed by atoms with van der Waals surface area (Å²) >= 11 is 0. The highest BCUT2D eigenvalue weighted by Gasteiger charge is 2.41. The Morgan fingerprint density at radius 1 is 1.29 bits per heavy atom. The average molecular weight is 420 g/mol. The molecule has 1 aliphatic carbocycles. The zero-order valence-electron chi connectivity index (χ0n) is 18.5. The number of ketones is 1. The Balaban J connectivity index is 1.80. The molecular formula is C25H29N3O3. The van der Waals surface area contributed by atoms with E-state index < -0.39 is 0 Å². The van der Waals surface area contributed by atoms with E-state index in [4.69, 9.17) is 16.3 Å². The van der Waals surface area contributed by atoms with Gasteiger partial charge in [-0.3, -0.25) is 9.59 Å². The summed E-state index contributed by atoms with van der Waals surface area (Å²) in [4.78, 5) is 27.9. The number of hydrogen-bond acceptors (Lipinski definition) is 4. The number of nitrogens with zero attached hydrogens (tertiary/aromatic N) is 3. The van der Waals surface area contributed by atoms with Gasteiger partial charge in [-0.1, -0.05) is 13.8 Å². The van der Waals surface area contributed by atoms with Crippen molar-refractivity contribution < 1.29 is 14.3 Å². The van der Waals surface area contributed by atoms with Crippen molar-refractivity contribution in [2.24, 2.45) is 5.41 Å². The van der Waals surface area contributed by atoms with Crippen LogP contribution in [0.15, 0.2) is 24.3 Å². The first-order valence-corrected chi connectivity index (χ1v) is 10.9. The molecule has 6 nitrogen and oxygen atoms in total. The topological polar surface area (TPSA) is 64.4 Å². The number of methoxy groups -OCH3 is 1. The zero-order valence-corrected chi connectivity index (χ0v) is 18.5. The van der Waals surface area contributed by atoms with Gasteiger partial charge in [0.25, 0.3) is 0 Å². The molecule has 0 spiro atoms. The predicted molar refractivity (Wildman–Crippen MR) is 118 cm³/mol. The Hall–Kier alpha value is -3.07. The molecule has 0 radical (unpaired) electrons. The molecule has 2 aromatic rings. The molecule has 31 heavy (non-hydrogen) atoms. The van der Waals surface area contributed by atoms with Gasteiger partial charge >= 0.3 is 0 Å². The molecule has 162 valence electrons. The molecule has 1 fully saturated rings. The van der Waals surface area contributed by atoms with Gasteiger partial charge in [-0.2, -0.15) is 5.10 Å². The smallest absolute Gasteiger partial charge is 0.224 e. The monoisotopic (exact) mass is 419 g/mol. The third-order valence-electron chi connectivity index (χ3n) is 6.26. The van der Waals surface area contributed by atoms with E-state index in [1.54, 1.807) is 7.11 Å². The SMILES string of the molecule is C#CCCC(=O)N1CCC[C@H]1c1nn(-c2ccc(OC)cc2)c2c1C(=O)CC(C)(C)C2. The Morgan fingerprint density at radius 3 is 2.71 bits per heavy atom. The molecule has 0 saturated carbocycles. The number of ether oxygens (including phenoxy) is 1. The molecule has 0 N–H and O–H groups in total. The summed E-state index contributed by atoms with van der Waals surface area (Å²) < 4.78 is 7.18. The number of amides is 1. The summed E-state index contributed by atoms with van der Waals surface area (Å²) in [6, 6.07) is 7.51. The number of Topliss-reactive ketones (excluding diaryl/α,β-unsaturated/α-hetero) is 1. The predicted octanol–water partition coefficient (Wildman–Crippen LogP) is 4.11. The minimum atomic E-state index is -0.177. The van der Waals surface area contributed by atoms with Gasteiger partial charge in [-0.15, -0.1) is 12.3 Å². The maximum Gasteiger partial charge on any atom is 0.224 e. The number of likely N-dealkylation sites (tertiary alicyclic amines) is 1. The lowest BCUT2D eigenvalue weighted by Gasteiger charge is -2.30. The minimum absolute atomic E-state index is 0.0387. The first-order valence-electron chi connectivity index (χ1n) is 10.9. The third-order valence-corrected chi connectivity index (χ3v) is 6.26. The molecular weight excluding hydrogens is 390 g/mol. The van der Waals surface area contributed by atoms with Crippen molar-refractivity contribution in [3.05, 3.63) is 41.2 Å². The van der Waals surface area contributed by atoms with E-state index in [-0.39, 0.29) is 23.1 Å². The van der Waals surface area contributed by atoms with Crippen LogP contribution in [0, 0.1) is 17.8 Å². The first kappa shape index (κ1) is 21.2. The van der Waals surface area contributed by atoms with Crippen molar-refractivity contribution in [2.45, 2.75) is 58.4 Å². The molecule has 0 bridgehead atoms. The zero-order chi connectivity index (χ0) is 22.2. The van der Waals surface area contributed by atoms with Crippen LogP contribution in [0.25, 0.3) is 5.69 Å². The van der Waals surface area contributed by atoms with E-state index in [2.05, 4.69) is 19.8 Å². The van der Waals surface area contributed by atoms with Crippen LogP contribution in [0.4, 0.5) is 0 Å². The number of fused-ring (bicyclic) bond motifs is 1. The van der Waals surface area contributed by atoms with Crippen LogP contribution in [0.5, 0.6) is 5.75 Å². The summed E-state index contributed by atoms with van der Waals surface area (Å²) in [5, 5.41) is 4.95. The van der Waals surface area contributed by atoms with Gasteiger partial charge in [0.15, 0.2) is 5.78 Å². The van der Waals surface area contributed by atoms with Crippen molar-refractivity contribution in [3.63, 3.8) is 0 Å². The van der Waals surface area contributed by atoms with E-state index in [0.29, 0.717) is 31.4 Å². The number of carbonyl (C=O) groups is 2. The molecule has 1 saturated heterocycles. The van der Waals surface area contributed by atoms with Gasteiger partial charge in [0.2, 0.25) is 5.91 Å². The third kappa shape index (κ3) is 3.97. The van der Waals surface area contributed by atoms with E-state index in [1.807, 2.05) is 33.8 Å². The van der Waals surface area contributed by atoms with Crippen LogP contribution < -0.4 is 4.74 Å². The second kappa shape index (κ2) is 8.22. The highest BCUT2D eigenvalue weighted by Crippen LogP contribution is 2.42. The van der Waals surface area contributed by atoms with Crippen molar-refractivity contribution in [2.75, 3.05) is 13.7 Å². The molecule has 1 aromatic heterocycles. The summed E-state index contributed by atoms with van der Waals surface area (Å²) in [7, 11) is 1.63. The molecule has 1 aromatic carbocycles. The number of aromatic nitrogens is 2. The van der Waals surface area contributed by atoms with Crippen molar-refractivity contribution in [1.82, 2.24) is 14.7 Å². The molecule has 1 atom stereocenters. The van der Waals surface area contributed by atoms with Gasteiger partial charge in [-0.25, -0.2) is 4.68 Å². The fourth-order valence-electron chi connectivity index (χ4n) is 4.82. The molecule has 2 heterocycles. The largest absolute Gasteiger partial charge is 0.497 e. The highest BCUT2D eigenvalue weighted by molar-refractivity contribution is 6.00. The molecule has 6 heteroatoms. The Morgan fingerprint density at radius 2 is 2.03 bits per heavy atom. The maximum atomic E-state index is 13.3. The van der Waals surface area contributed by atoms with Gasteiger partial charge in [0.1, 0.15) is 5.75 Å². The Labute approximate surface area is 183 Å². The quantitative estimate of drug-likeness (QED) is 0.684. The van der Waals surface area contributed by atoms with Crippen molar-refractivity contribution >= 4 is 11.7 Å². The van der Waals surface area contributed by atoms with Crippen molar-refractivity contribution in [3.8, 4) is 23.8 Å². The fraction of sp³-hybridized carbons (Fsp3) is 0.480. The lowest BCUT2D eigenvalue weighted by Crippen LogP contribution is -2.32. The maximum absolute atomic E-state index is 13.3. The van der Waals surface area contributed by atoms with E-state index in [9.17, 15) is 9.59 Å². The highest BCUT2D eigenvalue weighted by atomic mass is 16.5. The molecule has 1 amide bonds. The fourth-order valence-corrected chi connectivity index (χ4v) is 4.82. The second-order valence-corrected chi connectivity index (χ2v) is 9.21. The normalized spacial score (nSPS) is 19.7. The van der Waals surface area contributed by atoms with Crippen LogP contribution >= 0.6 is 0 Å². The van der Waals surface area contributed by atoms with Gasteiger partial charge in [0, 0.05) is 25.8 Å². The van der Waals surface area contributed by atoms with Gasteiger partial charge in [-0.05, 0) is 48.9 Å². The Kier molecular flexibility index (Phi) is 5.62. The van der Waals surface area contributed by atoms with Crippen LogP contribution in [0.1, 0.15) is 73.7 Å². The Bertz CT molecular complexity index is 1040. The summed E-state index contributed by atoms with van der Waals surface area (Å²) in [6.07, 6.45) is 9.06. The lowest BCUT2D eigenvalue weighted by molar-refractivity contribution is -0.132. The molecule has 0 unspecified atom stereocenters. The van der Waals surface area contributed by atoms with Crippen LogP contribution in [0.3, 0.4) is 0 Å². The van der Waals surface area contributed by atoms with Crippen LogP contribution in [0.2, 0.25) is 0 Å². The van der Waals surface area contributed by atoms with E-state index in [1.165, 1.54) is 0 Å². The van der Waals surface area contributed by atoms with Gasteiger partial charge < -0.3 is 9.64 Å².